The number of carbonyl (C=O) groups is 1. The van der Waals surface area contributed by atoms with Gasteiger partial charge in [-0.3, -0.25) is 4.90 Å². The molecule has 6 heteroatoms. The predicted octanol–water partition coefficient (Wildman–Crippen LogP) is 1.27. The lowest BCUT2D eigenvalue weighted by atomic mass is 9.99. The fraction of sp³-hybridized carbons (Fsp3) is 0.750. The Kier molecular flexibility index (Phi) is 3.65. The molecule has 1 saturated heterocycles. The van der Waals surface area contributed by atoms with Crippen LogP contribution in [0.15, 0.2) is 6.20 Å². The maximum atomic E-state index is 10.7. The van der Waals surface area contributed by atoms with Crippen LogP contribution in [0.1, 0.15) is 43.7 Å². The lowest BCUT2D eigenvalue weighted by molar-refractivity contribution is 0.0503. The summed E-state index contributed by atoms with van der Waals surface area (Å²) in [5, 5.41) is 16.3. The normalized spacial score (nSPS) is 18.9. The zero-order valence-electron chi connectivity index (χ0n) is 11.1. The van der Waals surface area contributed by atoms with Crippen LogP contribution in [0, 0.1) is 5.92 Å². The molecule has 1 atom stereocenters. The summed E-state index contributed by atoms with van der Waals surface area (Å²) >= 11 is 0. The first kappa shape index (κ1) is 13.0. The quantitative estimate of drug-likeness (QED) is 0.854. The molecule has 6 nitrogen and oxygen atoms in total. The predicted molar refractivity (Wildman–Crippen MR) is 66.5 cm³/mol. The Hall–Kier alpha value is -1.43. The van der Waals surface area contributed by atoms with E-state index in [4.69, 9.17) is 5.11 Å². The second-order valence-electron chi connectivity index (χ2n) is 5.48. The van der Waals surface area contributed by atoms with Crippen molar-refractivity contribution in [2.24, 2.45) is 5.92 Å². The van der Waals surface area contributed by atoms with Crippen molar-refractivity contribution in [1.82, 2.24) is 19.9 Å². The molecule has 18 heavy (non-hydrogen) atoms. The van der Waals surface area contributed by atoms with Gasteiger partial charge >= 0.3 is 5.97 Å². The topological polar surface area (TPSA) is 71.2 Å². The number of hydrogen-bond donors (Lipinski definition) is 1. The van der Waals surface area contributed by atoms with Crippen LogP contribution < -0.4 is 0 Å². The van der Waals surface area contributed by atoms with Crippen LogP contribution in [0.5, 0.6) is 0 Å². The van der Waals surface area contributed by atoms with Gasteiger partial charge in [-0.2, -0.15) is 0 Å². The van der Waals surface area contributed by atoms with E-state index in [1.54, 1.807) is 4.68 Å². The maximum absolute atomic E-state index is 10.7. The lowest BCUT2D eigenvalue weighted by Gasteiger charge is -2.43. The van der Waals surface area contributed by atoms with Crippen LogP contribution >= 0.6 is 0 Å². The molecular weight excluding hydrogens is 232 g/mol. The van der Waals surface area contributed by atoms with E-state index in [2.05, 4.69) is 36.0 Å². The number of aromatic nitrogens is 3. The minimum absolute atomic E-state index is 0.0173. The fourth-order valence-electron chi connectivity index (χ4n) is 2.40. The van der Waals surface area contributed by atoms with Crippen LogP contribution in [0.3, 0.4) is 0 Å². The second kappa shape index (κ2) is 5.06. The summed E-state index contributed by atoms with van der Waals surface area (Å²) in [5.41, 5.74) is 0.0173. The first-order valence-corrected chi connectivity index (χ1v) is 6.36. The van der Waals surface area contributed by atoms with Gasteiger partial charge in [-0.1, -0.05) is 19.1 Å². The largest absolute Gasteiger partial charge is 0.476 e. The molecule has 0 aliphatic carbocycles. The van der Waals surface area contributed by atoms with E-state index in [1.807, 2.05) is 0 Å². The van der Waals surface area contributed by atoms with E-state index in [0.29, 0.717) is 12.0 Å². The third-order valence-corrected chi connectivity index (χ3v) is 3.43. The zero-order chi connectivity index (χ0) is 13.3. The zero-order valence-corrected chi connectivity index (χ0v) is 11.1. The van der Waals surface area contributed by atoms with Crippen molar-refractivity contribution in [3.63, 3.8) is 0 Å². The minimum Gasteiger partial charge on any atom is -0.476 e. The Morgan fingerprint density at radius 2 is 2.17 bits per heavy atom. The summed E-state index contributed by atoms with van der Waals surface area (Å²) in [6, 6.07) is 0.837. The van der Waals surface area contributed by atoms with Gasteiger partial charge in [0.2, 0.25) is 0 Å². The third kappa shape index (κ3) is 2.69. The van der Waals surface area contributed by atoms with Crippen LogP contribution in [0.2, 0.25) is 0 Å². The number of hydrogen-bond acceptors (Lipinski definition) is 4. The van der Waals surface area contributed by atoms with Gasteiger partial charge < -0.3 is 5.11 Å². The molecule has 0 amide bonds. The van der Waals surface area contributed by atoms with E-state index >= 15 is 0 Å². The van der Waals surface area contributed by atoms with E-state index in [1.165, 1.54) is 12.6 Å². The molecule has 2 rings (SSSR count). The number of carboxylic acid groups (broad SMARTS) is 1. The van der Waals surface area contributed by atoms with Crippen molar-refractivity contribution in [3.05, 3.63) is 11.9 Å². The smallest absolute Gasteiger partial charge is 0.358 e. The highest BCUT2D eigenvalue weighted by atomic mass is 16.4. The number of likely N-dealkylation sites (tertiary alicyclic amines) is 1. The van der Waals surface area contributed by atoms with Crippen molar-refractivity contribution in [2.75, 3.05) is 13.1 Å². The van der Waals surface area contributed by atoms with Gasteiger partial charge in [-0.05, 0) is 19.3 Å². The molecule has 1 aromatic heterocycles. The summed E-state index contributed by atoms with van der Waals surface area (Å²) < 4.78 is 1.67. The molecule has 0 radical (unpaired) electrons. The Balaban J connectivity index is 1.86. The molecule has 1 aliphatic rings. The maximum Gasteiger partial charge on any atom is 0.358 e. The van der Waals surface area contributed by atoms with Gasteiger partial charge in [-0.15, -0.1) is 5.10 Å². The highest BCUT2D eigenvalue weighted by Crippen LogP contribution is 2.25. The number of carboxylic acids is 1. The van der Waals surface area contributed by atoms with Crippen LogP contribution in [-0.2, 0) is 0 Å². The fourth-order valence-corrected chi connectivity index (χ4v) is 2.40. The number of rotatable bonds is 5. The van der Waals surface area contributed by atoms with E-state index in [9.17, 15) is 4.79 Å². The van der Waals surface area contributed by atoms with Gasteiger partial charge in [-0.25, -0.2) is 9.48 Å². The van der Waals surface area contributed by atoms with E-state index < -0.39 is 5.97 Å². The molecule has 1 unspecified atom stereocenters. The van der Waals surface area contributed by atoms with Gasteiger partial charge in [0.15, 0.2) is 5.69 Å². The Bertz CT molecular complexity index is 423. The molecule has 2 heterocycles. The summed E-state index contributed by atoms with van der Waals surface area (Å²) in [6.07, 6.45) is 2.70. The summed E-state index contributed by atoms with van der Waals surface area (Å²) in [5.74, 6) is -0.324. The summed E-state index contributed by atoms with van der Waals surface area (Å²) in [4.78, 5) is 13.1. The van der Waals surface area contributed by atoms with Crippen molar-refractivity contribution in [2.45, 2.75) is 39.3 Å². The van der Waals surface area contributed by atoms with Gasteiger partial charge in [0, 0.05) is 19.1 Å². The van der Waals surface area contributed by atoms with Gasteiger partial charge in [0.05, 0.1) is 12.2 Å². The molecule has 100 valence electrons. The molecule has 0 aromatic carbocycles. The SMILES string of the molecule is CC(C)CC(C)N1CC(n2cc(C(=O)O)nn2)C1. The van der Waals surface area contributed by atoms with Crippen LogP contribution in [0.25, 0.3) is 0 Å². The number of aromatic carboxylic acids is 1. The molecule has 1 N–H and O–H groups in total. The standard InChI is InChI=1S/C12H20N4O2/c1-8(2)4-9(3)15-5-10(6-15)16-7-11(12(17)18)13-14-16/h7-10H,4-6H2,1-3H3,(H,17,18). The molecule has 0 bridgehead atoms. The van der Waals surface area contributed by atoms with Gasteiger partial charge in [0.1, 0.15) is 0 Å². The van der Waals surface area contributed by atoms with Crippen molar-refractivity contribution in [1.29, 1.82) is 0 Å². The Morgan fingerprint density at radius 1 is 1.50 bits per heavy atom. The molecule has 0 saturated carbocycles. The van der Waals surface area contributed by atoms with Crippen molar-refractivity contribution >= 4 is 5.97 Å². The second-order valence-corrected chi connectivity index (χ2v) is 5.48. The minimum atomic E-state index is -1.02. The van der Waals surface area contributed by atoms with Crippen molar-refractivity contribution < 1.29 is 9.90 Å². The average Bonchev–Trinajstić information content (AvgIpc) is 2.62. The summed E-state index contributed by atoms with van der Waals surface area (Å²) in [7, 11) is 0. The Labute approximate surface area is 107 Å². The first-order valence-electron chi connectivity index (χ1n) is 6.36. The molecule has 1 fully saturated rings. The molecular formula is C12H20N4O2. The third-order valence-electron chi connectivity index (χ3n) is 3.43. The van der Waals surface area contributed by atoms with Crippen LogP contribution in [-0.4, -0.2) is 50.1 Å². The molecule has 1 aromatic rings. The van der Waals surface area contributed by atoms with Crippen LogP contribution in [0.4, 0.5) is 0 Å². The first-order chi connectivity index (χ1) is 8.47. The monoisotopic (exact) mass is 252 g/mol. The molecule has 0 spiro atoms. The molecule has 1 aliphatic heterocycles. The highest BCUT2D eigenvalue weighted by molar-refractivity contribution is 5.84. The van der Waals surface area contributed by atoms with Gasteiger partial charge in [0.25, 0.3) is 0 Å². The van der Waals surface area contributed by atoms with Crippen molar-refractivity contribution in [3.8, 4) is 0 Å². The lowest BCUT2D eigenvalue weighted by Crippen LogP contribution is -2.52. The van der Waals surface area contributed by atoms with E-state index in [0.717, 1.165) is 13.1 Å². The average molecular weight is 252 g/mol. The Morgan fingerprint density at radius 3 is 2.67 bits per heavy atom. The number of nitrogens with zero attached hydrogens (tertiary/aromatic N) is 4. The highest BCUT2D eigenvalue weighted by Gasteiger charge is 2.32. The van der Waals surface area contributed by atoms with E-state index in [-0.39, 0.29) is 11.7 Å². The summed E-state index contributed by atoms with van der Waals surface area (Å²) in [6.45, 7) is 8.54.